The molecule has 1 aromatic rings. The fourth-order valence-corrected chi connectivity index (χ4v) is 3.18. The Hall–Kier alpha value is -1.18. The Morgan fingerprint density at radius 3 is 2.68 bits per heavy atom. The normalized spacial score (nSPS) is 18.3. The van der Waals surface area contributed by atoms with Gasteiger partial charge in [-0.3, -0.25) is 9.78 Å². The Kier molecular flexibility index (Phi) is 4.73. The largest absolute Gasteiger partial charge is 0.299 e. The number of Topliss-reactive ketones (excluding diaryl/α,β-unsaturated/α-hetero) is 1. The van der Waals surface area contributed by atoms with Gasteiger partial charge in [-0.25, -0.2) is 0 Å². The summed E-state index contributed by atoms with van der Waals surface area (Å²) in [7, 11) is 0. The molecule has 2 heteroatoms. The van der Waals surface area contributed by atoms with Gasteiger partial charge in [-0.15, -0.1) is 0 Å². The molecule has 0 spiro atoms. The summed E-state index contributed by atoms with van der Waals surface area (Å²) in [5.41, 5.74) is 3.53. The van der Waals surface area contributed by atoms with E-state index in [9.17, 15) is 4.79 Å². The van der Waals surface area contributed by atoms with Crippen molar-refractivity contribution in [1.82, 2.24) is 4.98 Å². The number of carbonyl (C=O) groups excluding carboxylic acids is 1. The van der Waals surface area contributed by atoms with Crippen LogP contribution in [0.25, 0.3) is 0 Å². The fraction of sp³-hybridized carbons (Fsp3) is 0.647. The van der Waals surface area contributed by atoms with Crippen LogP contribution in [-0.2, 0) is 4.79 Å². The van der Waals surface area contributed by atoms with E-state index in [1.807, 2.05) is 13.1 Å². The van der Waals surface area contributed by atoms with E-state index in [4.69, 9.17) is 0 Å². The van der Waals surface area contributed by atoms with Crippen LogP contribution in [-0.4, -0.2) is 10.8 Å². The van der Waals surface area contributed by atoms with Crippen LogP contribution in [0.4, 0.5) is 0 Å². The van der Waals surface area contributed by atoms with Crippen LogP contribution in [0.3, 0.4) is 0 Å². The van der Waals surface area contributed by atoms with Crippen molar-refractivity contribution in [3.05, 3.63) is 29.1 Å². The third kappa shape index (κ3) is 3.65. The molecule has 0 saturated heterocycles. The molecule has 1 heterocycles. The lowest BCUT2D eigenvalue weighted by Crippen LogP contribution is -2.19. The van der Waals surface area contributed by atoms with Crippen molar-refractivity contribution in [2.75, 3.05) is 0 Å². The highest BCUT2D eigenvalue weighted by Crippen LogP contribution is 2.29. The minimum atomic E-state index is 0.316. The van der Waals surface area contributed by atoms with Crippen molar-refractivity contribution in [3.8, 4) is 0 Å². The van der Waals surface area contributed by atoms with Gasteiger partial charge < -0.3 is 0 Å². The van der Waals surface area contributed by atoms with Crippen molar-refractivity contribution in [2.24, 2.45) is 5.92 Å². The lowest BCUT2D eigenvalue weighted by atomic mass is 9.82. The van der Waals surface area contributed by atoms with Gasteiger partial charge in [-0.1, -0.05) is 26.2 Å². The van der Waals surface area contributed by atoms with E-state index < -0.39 is 0 Å². The number of rotatable bonds is 4. The predicted octanol–water partition coefficient (Wildman–Crippen LogP) is 4.34. The maximum Gasteiger partial charge on any atom is 0.136 e. The summed E-state index contributed by atoms with van der Waals surface area (Å²) in [6.07, 6.45) is 8.61. The molecule has 1 fully saturated rings. The zero-order valence-corrected chi connectivity index (χ0v) is 12.4. The second-order valence-electron chi connectivity index (χ2n) is 6.09. The van der Waals surface area contributed by atoms with E-state index in [1.165, 1.54) is 30.4 Å². The number of ketones is 1. The van der Waals surface area contributed by atoms with Gasteiger partial charge in [0.2, 0.25) is 0 Å². The summed E-state index contributed by atoms with van der Waals surface area (Å²) in [6.45, 7) is 6.27. The van der Waals surface area contributed by atoms with Crippen LogP contribution < -0.4 is 0 Å². The van der Waals surface area contributed by atoms with Gasteiger partial charge >= 0.3 is 0 Å². The van der Waals surface area contributed by atoms with Gasteiger partial charge in [-0.05, 0) is 49.8 Å². The highest BCUT2D eigenvalue weighted by atomic mass is 16.1. The molecular weight excluding hydrogens is 234 g/mol. The molecule has 1 saturated carbocycles. The Balaban J connectivity index is 2.01. The summed E-state index contributed by atoms with van der Waals surface area (Å²) in [5.74, 6) is 1.12. The summed E-state index contributed by atoms with van der Waals surface area (Å²) in [4.78, 5) is 16.7. The molecular formula is C17H25NO. The molecule has 0 aromatic carbocycles. The standard InChI is InChI=1S/C17H25NO/c1-12(16-10-14(3)18-11-13(16)2)9-17(19)15-7-5-4-6-8-15/h10-12,15H,4-9H2,1-3H3. The first-order valence-corrected chi connectivity index (χ1v) is 7.53. The Labute approximate surface area is 116 Å². The number of aromatic nitrogens is 1. The molecule has 0 N–H and O–H groups in total. The first-order chi connectivity index (χ1) is 9.08. The minimum Gasteiger partial charge on any atom is -0.299 e. The molecule has 2 rings (SSSR count). The second kappa shape index (κ2) is 6.31. The quantitative estimate of drug-likeness (QED) is 0.805. The monoisotopic (exact) mass is 259 g/mol. The fourth-order valence-electron chi connectivity index (χ4n) is 3.18. The topological polar surface area (TPSA) is 30.0 Å². The van der Waals surface area contributed by atoms with Crippen LogP contribution in [0.1, 0.15) is 68.2 Å². The predicted molar refractivity (Wildman–Crippen MR) is 78.3 cm³/mol. The lowest BCUT2D eigenvalue weighted by Gasteiger charge is -2.22. The molecule has 19 heavy (non-hydrogen) atoms. The van der Waals surface area contributed by atoms with Crippen LogP contribution >= 0.6 is 0 Å². The SMILES string of the molecule is Cc1cc(C(C)CC(=O)C2CCCCC2)c(C)cn1. The Morgan fingerprint density at radius 1 is 1.32 bits per heavy atom. The van der Waals surface area contributed by atoms with E-state index in [-0.39, 0.29) is 0 Å². The maximum absolute atomic E-state index is 12.4. The first-order valence-electron chi connectivity index (χ1n) is 7.53. The third-order valence-corrected chi connectivity index (χ3v) is 4.38. The van der Waals surface area contributed by atoms with Crippen molar-refractivity contribution < 1.29 is 4.79 Å². The molecule has 1 aromatic heterocycles. The Morgan fingerprint density at radius 2 is 2.00 bits per heavy atom. The van der Waals surface area contributed by atoms with E-state index in [2.05, 4.69) is 24.9 Å². The van der Waals surface area contributed by atoms with Gasteiger partial charge in [0.25, 0.3) is 0 Å². The summed E-state index contributed by atoms with van der Waals surface area (Å²) in [5, 5.41) is 0. The van der Waals surface area contributed by atoms with Gasteiger partial charge in [0.1, 0.15) is 5.78 Å². The van der Waals surface area contributed by atoms with Crippen LogP contribution in [0.2, 0.25) is 0 Å². The summed E-state index contributed by atoms with van der Waals surface area (Å²) < 4.78 is 0. The van der Waals surface area contributed by atoms with Gasteiger partial charge in [-0.2, -0.15) is 0 Å². The summed E-state index contributed by atoms with van der Waals surface area (Å²) >= 11 is 0. The molecule has 1 atom stereocenters. The average Bonchev–Trinajstić information content (AvgIpc) is 2.42. The van der Waals surface area contributed by atoms with E-state index in [0.29, 0.717) is 24.0 Å². The maximum atomic E-state index is 12.4. The molecule has 1 unspecified atom stereocenters. The molecule has 0 bridgehead atoms. The molecule has 0 radical (unpaired) electrons. The number of carbonyl (C=O) groups is 1. The molecule has 2 nitrogen and oxygen atoms in total. The minimum absolute atomic E-state index is 0.316. The van der Waals surface area contributed by atoms with Crippen molar-refractivity contribution in [3.63, 3.8) is 0 Å². The number of aryl methyl sites for hydroxylation is 2. The van der Waals surface area contributed by atoms with Crippen molar-refractivity contribution in [2.45, 2.75) is 65.2 Å². The van der Waals surface area contributed by atoms with Crippen LogP contribution in [0, 0.1) is 19.8 Å². The average molecular weight is 259 g/mol. The number of nitrogens with zero attached hydrogens (tertiary/aromatic N) is 1. The molecule has 1 aliphatic carbocycles. The van der Waals surface area contributed by atoms with E-state index in [0.717, 1.165) is 18.5 Å². The highest BCUT2D eigenvalue weighted by Gasteiger charge is 2.23. The highest BCUT2D eigenvalue weighted by molar-refractivity contribution is 5.81. The summed E-state index contributed by atoms with van der Waals surface area (Å²) in [6, 6.07) is 2.13. The van der Waals surface area contributed by atoms with Gasteiger partial charge in [0.05, 0.1) is 0 Å². The zero-order chi connectivity index (χ0) is 13.8. The van der Waals surface area contributed by atoms with E-state index in [1.54, 1.807) is 0 Å². The van der Waals surface area contributed by atoms with Crippen molar-refractivity contribution >= 4 is 5.78 Å². The zero-order valence-electron chi connectivity index (χ0n) is 12.4. The third-order valence-electron chi connectivity index (χ3n) is 4.38. The van der Waals surface area contributed by atoms with Gasteiger partial charge in [0, 0.05) is 24.2 Å². The van der Waals surface area contributed by atoms with Crippen molar-refractivity contribution in [1.29, 1.82) is 0 Å². The van der Waals surface area contributed by atoms with Gasteiger partial charge in [0.15, 0.2) is 0 Å². The molecule has 1 aliphatic rings. The first kappa shape index (κ1) is 14.2. The lowest BCUT2D eigenvalue weighted by molar-refractivity contribution is -0.124. The molecule has 0 aliphatic heterocycles. The number of hydrogen-bond donors (Lipinski definition) is 0. The van der Waals surface area contributed by atoms with E-state index >= 15 is 0 Å². The van der Waals surface area contributed by atoms with Crippen LogP contribution in [0.15, 0.2) is 12.3 Å². The molecule has 0 amide bonds. The smallest absolute Gasteiger partial charge is 0.136 e. The Bertz CT molecular complexity index is 447. The molecule has 104 valence electrons. The number of hydrogen-bond acceptors (Lipinski definition) is 2. The van der Waals surface area contributed by atoms with Crippen LogP contribution in [0.5, 0.6) is 0 Å². The number of pyridine rings is 1. The second-order valence-corrected chi connectivity index (χ2v) is 6.09.